The van der Waals surface area contributed by atoms with Crippen molar-refractivity contribution in [3.63, 3.8) is 0 Å². The van der Waals surface area contributed by atoms with Crippen LogP contribution in [0, 0.1) is 0 Å². The van der Waals surface area contributed by atoms with Crippen molar-refractivity contribution in [1.82, 2.24) is 0 Å². The fourth-order valence-corrected chi connectivity index (χ4v) is 1.09. The minimum absolute atomic E-state index is 0.0927. The summed E-state index contributed by atoms with van der Waals surface area (Å²) < 4.78 is 0. The van der Waals surface area contributed by atoms with Crippen LogP contribution in [0.5, 0.6) is 0 Å². The molecule has 0 aliphatic carbocycles. The Labute approximate surface area is 83.8 Å². The molecule has 0 fully saturated rings. The first kappa shape index (κ1) is 10.6. The third-order valence-corrected chi connectivity index (χ3v) is 1.65. The van der Waals surface area contributed by atoms with Crippen LogP contribution in [-0.4, -0.2) is 22.2 Å². The van der Waals surface area contributed by atoms with Crippen LogP contribution in [0.4, 0.5) is 5.69 Å². The van der Waals surface area contributed by atoms with Crippen molar-refractivity contribution in [3.8, 4) is 0 Å². The smallest absolute Gasteiger partial charge is 0.338 e. The Morgan fingerprint density at radius 3 is 2.33 bits per heavy atom. The van der Waals surface area contributed by atoms with Gasteiger partial charge in [-0.15, -0.1) is 5.11 Å². The Kier molecular flexibility index (Phi) is 2.97. The minimum Gasteiger partial charge on any atom is -0.478 e. The number of hydrogen-bond acceptors (Lipinski definition) is 4. The van der Waals surface area contributed by atoms with Gasteiger partial charge in [-0.25, -0.2) is 9.59 Å². The maximum absolute atomic E-state index is 10.8. The molecule has 0 amide bonds. The second-order valence-electron chi connectivity index (χ2n) is 2.53. The van der Waals surface area contributed by atoms with Crippen molar-refractivity contribution in [2.24, 2.45) is 16.2 Å². The second kappa shape index (κ2) is 4.18. The highest BCUT2D eigenvalue weighted by Gasteiger charge is 2.19. The van der Waals surface area contributed by atoms with E-state index in [0.29, 0.717) is 0 Å². The van der Waals surface area contributed by atoms with Crippen LogP contribution in [0.1, 0.15) is 20.7 Å². The highest BCUT2D eigenvalue weighted by atomic mass is 16.4. The molecule has 4 N–H and O–H groups in total. The number of carbonyl (C=O) groups is 2. The third-order valence-electron chi connectivity index (χ3n) is 1.65. The van der Waals surface area contributed by atoms with Gasteiger partial charge in [-0.3, -0.25) is 0 Å². The van der Waals surface area contributed by atoms with E-state index in [1.165, 1.54) is 18.2 Å². The van der Waals surface area contributed by atoms with E-state index >= 15 is 0 Å². The summed E-state index contributed by atoms with van der Waals surface area (Å²) in [6, 6.07) is 3.84. The number of hydrogen-bond donors (Lipinski definition) is 3. The molecule has 15 heavy (non-hydrogen) atoms. The lowest BCUT2D eigenvalue weighted by molar-refractivity contribution is 0.0652. The van der Waals surface area contributed by atoms with Crippen molar-refractivity contribution in [3.05, 3.63) is 29.3 Å². The molecule has 78 valence electrons. The van der Waals surface area contributed by atoms with Gasteiger partial charge in [0.2, 0.25) is 0 Å². The standard InChI is InChI=1S/C8H7N3O4/c9-11-10-5-3-1-2-4(7(12)13)6(5)8(14)15/h1-3H,(H2,9,10)(H,12,13)(H,14,15). The number of carboxylic acids is 2. The quantitative estimate of drug-likeness (QED) is 0.389. The van der Waals surface area contributed by atoms with Gasteiger partial charge in [0.1, 0.15) is 11.3 Å². The molecule has 1 aromatic rings. The number of benzene rings is 1. The van der Waals surface area contributed by atoms with Crippen molar-refractivity contribution in [2.75, 3.05) is 0 Å². The molecule has 1 rings (SSSR count). The largest absolute Gasteiger partial charge is 0.478 e. The van der Waals surface area contributed by atoms with E-state index in [-0.39, 0.29) is 11.3 Å². The fourth-order valence-electron chi connectivity index (χ4n) is 1.09. The van der Waals surface area contributed by atoms with E-state index in [9.17, 15) is 9.59 Å². The van der Waals surface area contributed by atoms with Gasteiger partial charge in [-0.1, -0.05) is 11.3 Å². The van der Waals surface area contributed by atoms with Gasteiger partial charge in [0.05, 0.1) is 5.56 Å². The summed E-state index contributed by atoms with van der Waals surface area (Å²) in [4.78, 5) is 21.5. The molecule has 0 saturated carbocycles. The lowest BCUT2D eigenvalue weighted by atomic mass is 10.1. The summed E-state index contributed by atoms with van der Waals surface area (Å²) in [6.45, 7) is 0. The Hall–Kier alpha value is -2.44. The molecule has 0 aliphatic heterocycles. The normalized spacial score (nSPS) is 10.4. The molecular weight excluding hydrogens is 202 g/mol. The van der Waals surface area contributed by atoms with Crippen LogP contribution >= 0.6 is 0 Å². The first-order valence-electron chi connectivity index (χ1n) is 3.78. The number of aromatic carboxylic acids is 2. The van der Waals surface area contributed by atoms with Gasteiger partial charge in [-0.2, -0.15) is 0 Å². The van der Waals surface area contributed by atoms with Crippen LogP contribution in [0.2, 0.25) is 0 Å². The van der Waals surface area contributed by atoms with Crippen LogP contribution in [-0.2, 0) is 0 Å². The predicted octanol–water partition coefficient (Wildman–Crippen LogP) is 1.04. The lowest BCUT2D eigenvalue weighted by Crippen LogP contribution is -2.08. The number of carboxylic acid groups (broad SMARTS) is 2. The van der Waals surface area contributed by atoms with Crippen LogP contribution in [0.25, 0.3) is 0 Å². The van der Waals surface area contributed by atoms with E-state index in [4.69, 9.17) is 16.1 Å². The van der Waals surface area contributed by atoms with Gasteiger partial charge in [0, 0.05) is 0 Å². The molecule has 7 nitrogen and oxygen atoms in total. The first-order chi connectivity index (χ1) is 7.07. The Balaban J connectivity index is 3.48. The molecular formula is C8H7N3O4. The van der Waals surface area contributed by atoms with E-state index in [1.54, 1.807) is 0 Å². The molecule has 0 spiro atoms. The Bertz CT molecular complexity index is 442. The zero-order valence-corrected chi connectivity index (χ0v) is 7.41. The molecule has 0 aliphatic rings. The molecule has 1 aromatic carbocycles. The summed E-state index contributed by atoms with van der Waals surface area (Å²) in [6.07, 6.45) is 0. The third kappa shape index (κ3) is 2.08. The molecule has 0 saturated heterocycles. The van der Waals surface area contributed by atoms with Gasteiger partial charge >= 0.3 is 11.9 Å². The van der Waals surface area contributed by atoms with E-state index in [1.807, 2.05) is 0 Å². The van der Waals surface area contributed by atoms with Crippen molar-refractivity contribution in [2.45, 2.75) is 0 Å². The van der Waals surface area contributed by atoms with Crippen molar-refractivity contribution < 1.29 is 19.8 Å². The molecule has 0 heterocycles. The van der Waals surface area contributed by atoms with Crippen molar-refractivity contribution >= 4 is 17.6 Å². The summed E-state index contributed by atoms with van der Waals surface area (Å²) in [5, 5.41) is 23.8. The van der Waals surface area contributed by atoms with Gasteiger partial charge in [0.15, 0.2) is 0 Å². The van der Waals surface area contributed by atoms with Crippen molar-refractivity contribution in [1.29, 1.82) is 0 Å². The maximum atomic E-state index is 10.8. The molecule has 0 bridgehead atoms. The molecule has 0 atom stereocenters. The van der Waals surface area contributed by atoms with Crippen LogP contribution in [0.15, 0.2) is 28.5 Å². The average molecular weight is 209 g/mol. The highest BCUT2D eigenvalue weighted by molar-refractivity contribution is 6.05. The average Bonchev–Trinajstić information content (AvgIpc) is 2.17. The Morgan fingerprint density at radius 2 is 1.87 bits per heavy atom. The summed E-state index contributed by atoms with van der Waals surface area (Å²) in [7, 11) is 0. The van der Waals surface area contributed by atoms with Crippen LogP contribution in [0.3, 0.4) is 0 Å². The molecule has 7 heteroatoms. The monoisotopic (exact) mass is 209 g/mol. The van der Waals surface area contributed by atoms with Gasteiger partial charge in [-0.05, 0) is 12.1 Å². The predicted molar refractivity (Wildman–Crippen MR) is 49.1 cm³/mol. The zero-order chi connectivity index (χ0) is 11.4. The van der Waals surface area contributed by atoms with Gasteiger partial charge in [0.25, 0.3) is 0 Å². The lowest BCUT2D eigenvalue weighted by Gasteiger charge is -2.03. The molecule has 0 unspecified atom stereocenters. The minimum atomic E-state index is -1.39. The molecule has 0 aromatic heterocycles. The molecule has 0 radical (unpaired) electrons. The number of nitrogens with two attached hydrogens (primary N) is 1. The fraction of sp³-hybridized carbons (Fsp3) is 0. The van der Waals surface area contributed by atoms with E-state index < -0.39 is 17.5 Å². The number of nitrogens with zero attached hydrogens (tertiary/aromatic N) is 2. The SMILES string of the molecule is NN=Nc1cccc(C(=O)O)c1C(=O)O. The highest BCUT2D eigenvalue weighted by Crippen LogP contribution is 2.23. The summed E-state index contributed by atoms with van der Waals surface area (Å²) in [5.41, 5.74) is -0.878. The van der Waals surface area contributed by atoms with Crippen LogP contribution < -0.4 is 5.84 Å². The van der Waals surface area contributed by atoms with E-state index in [2.05, 4.69) is 10.3 Å². The maximum Gasteiger partial charge on any atom is 0.338 e. The second-order valence-corrected chi connectivity index (χ2v) is 2.53. The topological polar surface area (TPSA) is 125 Å². The zero-order valence-electron chi connectivity index (χ0n) is 7.41. The Morgan fingerprint density at radius 1 is 1.20 bits per heavy atom. The first-order valence-corrected chi connectivity index (χ1v) is 3.78. The summed E-state index contributed by atoms with van der Waals surface area (Å²) >= 11 is 0. The number of rotatable bonds is 3. The summed E-state index contributed by atoms with van der Waals surface area (Å²) in [5.74, 6) is 2.03. The van der Waals surface area contributed by atoms with Gasteiger partial charge < -0.3 is 16.1 Å². The van der Waals surface area contributed by atoms with E-state index in [0.717, 1.165) is 0 Å².